The lowest BCUT2D eigenvalue weighted by molar-refractivity contribution is -0.143. The highest BCUT2D eigenvalue weighted by Crippen LogP contribution is 2.16. The van der Waals surface area contributed by atoms with Gasteiger partial charge in [0, 0.05) is 12.8 Å². The summed E-state index contributed by atoms with van der Waals surface area (Å²) < 4.78 is 5.47. The molecule has 0 radical (unpaired) electrons. The first-order valence-corrected chi connectivity index (χ1v) is 30.3. The Bertz CT molecular complexity index is 1100. The van der Waals surface area contributed by atoms with Gasteiger partial charge >= 0.3 is 5.97 Å². The molecule has 0 aromatic heterocycles. The number of amides is 1. The van der Waals surface area contributed by atoms with Gasteiger partial charge in [-0.1, -0.05) is 281 Å². The van der Waals surface area contributed by atoms with E-state index in [0.29, 0.717) is 19.4 Å². The van der Waals surface area contributed by atoms with Gasteiger partial charge in [-0.2, -0.15) is 0 Å². The molecule has 0 aliphatic carbocycles. The van der Waals surface area contributed by atoms with Crippen LogP contribution in [0.2, 0.25) is 0 Å². The SMILES string of the molecule is CCCCCCCCCCCCCC/C=C/C(O)C(CO)NC(=O)CCCCCCCCCCC/C=C\C/C=C\CCCCCCCCCCCOC(=O)CCCCCCCCCCCCCC. The van der Waals surface area contributed by atoms with Crippen molar-refractivity contribution >= 4 is 11.9 Å². The van der Waals surface area contributed by atoms with Gasteiger partial charge in [0.2, 0.25) is 5.91 Å². The maximum absolute atomic E-state index is 12.4. The second-order valence-corrected chi connectivity index (χ2v) is 20.7. The fourth-order valence-electron chi connectivity index (χ4n) is 9.25. The number of nitrogens with one attached hydrogen (secondary N) is 1. The lowest BCUT2D eigenvalue weighted by atomic mass is 10.0. The van der Waals surface area contributed by atoms with Crippen LogP contribution in [0.25, 0.3) is 0 Å². The highest BCUT2D eigenvalue weighted by Gasteiger charge is 2.18. The molecule has 2 atom stereocenters. The molecule has 0 bridgehead atoms. The molecule has 0 aliphatic rings. The summed E-state index contributed by atoms with van der Waals surface area (Å²) in [6.07, 6.45) is 71.8. The Hall–Kier alpha value is -1.92. The summed E-state index contributed by atoms with van der Waals surface area (Å²) in [5.74, 6) is -0.0645. The lowest BCUT2D eigenvalue weighted by Crippen LogP contribution is -2.45. The Morgan fingerprint density at radius 1 is 0.412 bits per heavy atom. The molecule has 0 fully saturated rings. The van der Waals surface area contributed by atoms with E-state index in [1.165, 1.54) is 250 Å². The van der Waals surface area contributed by atoms with Gasteiger partial charge in [0.1, 0.15) is 0 Å². The van der Waals surface area contributed by atoms with Crippen LogP contribution in [0.5, 0.6) is 0 Å². The van der Waals surface area contributed by atoms with Crippen molar-refractivity contribution < 1.29 is 24.5 Å². The van der Waals surface area contributed by atoms with E-state index in [9.17, 15) is 19.8 Å². The molecular formula is C62H117NO5. The average molecular weight is 957 g/mol. The Labute approximate surface area is 424 Å². The number of esters is 1. The highest BCUT2D eigenvalue weighted by atomic mass is 16.5. The molecule has 0 rings (SSSR count). The third-order valence-corrected chi connectivity index (χ3v) is 13.9. The van der Waals surface area contributed by atoms with Crippen LogP contribution in [-0.2, 0) is 14.3 Å². The predicted octanol–water partition coefficient (Wildman–Crippen LogP) is 18.8. The highest BCUT2D eigenvalue weighted by molar-refractivity contribution is 5.76. The van der Waals surface area contributed by atoms with Gasteiger partial charge in [0.25, 0.3) is 0 Å². The maximum Gasteiger partial charge on any atom is 0.305 e. The van der Waals surface area contributed by atoms with Crippen molar-refractivity contribution in [2.24, 2.45) is 0 Å². The van der Waals surface area contributed by atoms with Crippen molar-refractivity contribution in [3.05, 3.63) is 36.5 Å². The minimum Gasteiger partial charge on any atom is -0.466 e. The molecule has 1 amide bonds. The van der Waals surface area contributed by atoms with Gasteiger partial charge in [-0.3, -0.25) is 9.59 Å². The largest absolute Gasteiger partial charge is 0.466 e. The van der Waals surface area contributed by atoms with E-state index in [4.69, 9.17) is 4.74 Å². The molecule has 6 nitrogen and oxygen atoms in total. The molecule has 2 unspecified atom stereocenters. The van der Waals surface area contributed by atoms with Gasteiger partial charge in [-0.15, -0.1) is 0 Å². The monoisotopic (exact) mass is 956 g/mol. The maximum atomic E-state index is 12.4. The van der Waals surface area contributed by atoms with E-state index in [1.54, 1.807) is 6.08 Å². The first-order chi connectivity index (χ1) is 33.5. The van der Waals surface area contributed by atoms with Gasteiger partial charge in [-0.05, 0) is 64.2 Å². The predicted molar refractivity (Wildman–Crippen MR) is 296 cm³/mol. The van der Waals surface area contributed by atoms with Crippen LogP contribution in [0.1, 0.15) is 322 Å². The Balaban J connectivity index is 3.45. The number of hydrogen-bond acceptors (Lipinski definition) is 5. The summed E-state index contributed by atoms with van der Waals surface area (Å²) in [5, 5.41) is 23.1. The molecule has 400 valence electrons. The number of aliphatic hydroxyl groups excluding tert-OH is 2. The molecule has 6 heteroatoms. The normalized spacial score (nSPS) is 12.8. The molecule has 0 aliphatic heterocycles. The van der Waals surface area contributed by atoms with Crippen molar-refractivity contribution in [3.63, 3.8) is 0 Å². The van der Waals surface area contributed by atoms with Crippen LogP contribution < -0.4 is 5.32 Å². The van der Waals surface area contributed by atoms with Crippen LogP contribution >= 0.6 is 0 Å². The molecule has 0 spiro atoms. The van der Waals surface area contributed by atoms with Crippen molar-refractivity contribution in [1.82, 2.24) is 5.32 Å². The van der Waals surface area contributed by atoms with E-state index in [2.05, 4.69) is 43.5 Å². The zero-order valence-corrected chi connectivity index (χ0v) is 45.6. The number of carbonyl (C=O) groups excluding carboxylic acids is 2. The fraction of sp³-hybridized carbons (Fsp3) is 0.871. The third kappa shape index (κ3) is 53.4. The first-order valence-electron chi connectivity index (χ1n) is 30.3. The lowest BCUT2D eigenvalue weighted by Gasteiger charge is -2.20. The molecule has 68 heavy (non-hydrogen) atoms. The van der Waals surface area contributed by atoms with E-state index in [-0.39, 0.29) is 18.5 Å². The minimum absolute atomic E-state index is 0.00907. The van der Waals surface area contributed by atoms with Crippen LogP contribution in [0.4, 0.5) is 0 Å². The van der Waals surface area contributed by atoms with E-state index >= 15 is 0 Å². The topological polar surface area (TPSA) is 95.9 Å². The molecule has 0 heterocycles. The van der Waals surface area contributed by atoms with Gasteiger partial charge in [0.15, 0.2) is 0 Å². The van der Waals surface area contributed by atoms with E-state index in [1.807, 2.05) is 6.08 Å². The van der Waals surface area contributed by atoms with Crippen LogP contribution in [0, 0.1) is 0 Å². The third-order valence-electron chi connectivity index (χ3n) is 13.9. The molecular weight excluding hydrogens is 839 g/mol. The van der Waals surface area contributed by atoms with Crippen molar-refractivity contribution in [1.29, 1.82) is 0 Å². The van der Waals surface area contributed by atoms with Crippen LogP contribution in [0.15, 0.2) is 36.5 Å². The van der Waals surface area contributed by atoms with Crippen LogP contribution in [-0.4, -0.2) is 47.4 Å². The number of rotatable bonds is 56. The number of ether oxygens (including phenoxy) is 1. The van der Waals surface area contributed by atoms with Crippen molar-refractivity contribution in [2.45, 2.75) is 334 Å². The number of allylic oxidation sites excluding steroid dienone is 5. The minimum atomic E-state index is -0.848. The zero-order chi connectivity index (χ0) is 49.3. The Kier molecular flexibility index (Phi) is 56.0. The second-order valence-electron chi connectivity index (χ2n) is 20.7. The summed E-state index contributed by atoms with van der Waals surface area (Å²) in [5.41, 5.74) is 0. The zero-order valence-electron chi connectivity index (χ0n) is 45.6. The number of aliphatic hydroxyl groups is 2. The van der Waals surface area contributed by atoms with Crippen LogP contribution in [0.3, 0.4) is 0 Å². The summed E-state index contributed by atoms with van der Waals surface area (Å²) in [4.78, 5) is 24.5. The van der Waals surface area contributed by atoms with Gasteiger partial charge in [-0.25, -0.2) is 0 Å². The van der Waals surface area contributed by atoms with Crippen molar-refractivity contribution in [2.75, 3.05) is 13.2 Å². The molecule has 3 N–H and O–H groups in total. The number of unbranched alkanes of at least 4 members (excludes halogenated alkanes) is 41. The van der Waals surface area contributed by atoms with Gasteiger partial charge < -0.3 is 20.3 Å². The summed E-state index contributed by atoms with van der Waals surface area (Å²) in [7, 11) is 0. The first kappa shape index (κ1) is 66.1. The summed E-state index contributed by atoms with van der Waals surface area (Å²) >= 11 is 0. The molecule has 0 aromatic carbocycles. The fourth-order valence-corrected chi connectivity index (χ4v) is 9.25. The second kappa shape index (κ2) is 57.7. The molecule has 0 aromatic rings. The number of carbonyl (C=O) groups is 2. The van der Waals surface area contributed by atoms with E-state index in [0.717, 1.165) is 44.9 Å². The summed E-state index contributed by atoms with van der Waals surface area (Å²) in [6.45, 7) is 4.90. The number of hydrogen-bond donors (Lipinski definition) is 3. The quantitative estimate of drug-likeness (QED) is 0.0321. The average Bonchev–Trinajstić information content (AvgIpc) is 3.34. The smallest absolute Gasteiger partial charge is 0.305 e. The van der Waals surface area contributed by atoms with Crippen molar-refractivity contribution in [3.8, 4) is 0 Å². The Morgan fingerprint density at radius 3 is 1.12 bits per heavy atom. The standard InChI is InChI=1S/C62H117NO5/c1-3-5-7-9-11-13-15-17-31-34-38-42-46-50-54-60(65)59(58-64)63-61(66)55-51-47-43-39-35-32-29-27-25-23-21-19-18-20-22-24-26-28-30-33-37-41-45-49-53-57-68-62(67)56-52-48-44-40-36-16-14-12-10-8-6-4-2/h19-22,50,54,59-60,64-65H,3-18,23-49,51-53,55-58H2,1-2H3,(H,63,66)/b21-19-,22-20-,54-50+. The van der Waals surface area contributed by atoms with Gasteiger partial charge in [0.05, 0.1) is 25.4 Å². The van der Waals surface area contributed by atoms with E-state index < -0.39 is 12.1 Å². The summed E-state index contributed by atoms with van der Waals surface area (Å²) in [6, 6.07) is -0.632. The molecule has 0 saturated carbocycles. The Morgan fingerprint density at radius 2 is 0.735 bits per heavy atom. The molecule has 0 saturated heterocycles.